The van der Waals surface area contributed by atoms with Crippen LogP contribution < -0.4 is 5.32 Å². The van der Waals surface area contributed by atoms with Gasteiger partial charge in [0.2, 0.25) is 0 Å². The van der Waals surface area contributed by atoms with Crippen molar-refractivity contribution in [3.05, 3.63) is 71.9 Å². The lowest BCUT2D eigenvalue weighted by molar-refractivity contribution is 0.0703. The molecule has 0 saturated carbocycles. The van der Waals surface area contributed by atoms with Gasteiger partial charge in [-0.3, -0.25) is 4.79 Å². The van der Waals surface area contributed by atoms with E-state index >= 15 is 0 Å². The summed E-state index contributed by atoms with van der Waals surface area (Å²) >= 11 is 0. The molecular weight excluding hydrogens is 340 g/mol. The molecule has 27 heavy (non-hydrogen) atoms. The number of benzene rings is 1. The first-order valence-electron chi connectivity index (χ1n) is 9.39. The molecule has 5 nitrogen and oxygen atoms in total. The van der Waals surface area contributed by atoms with E-state index < -0.39 is 0 Å². The molecule has 3 heterocycles. The van der Waals surface area contributed by atoms with E-state index in [1.165, 1.54) is 18.1 Å². The number of aryl methyl sites for hydroxylation is 1. The number of hydrogen-bond acceptors (Lipinski definition) is 4. The highest BCUT2D eigenvalue weighted by Gasteiger charge is 2.24. The minimum Gasteiger partial charge on any atom is -0.472 e. The molecule has 1 aliphatic rings. The second kappa shape index (κ2) is 7.84. The van der Waals surface area contributed by atoms with Gasteiger partial charge in [-0.25, -0.2) is 0 Å². The third kappa shape index (κ3) is 4.14. The Morgan fingerprint density at radius 3 is 2.59 bits per heavy atom. The number of rotatable bonds is 5. The second-order valence-electron chi connectivity index (χ2n) is 7.09. The summed E-state index contributed by atoms with van der Waals surface area (Å²) in [6, 6.07) is 14.5. The monoisotopic (exact) mass is 364 g/mol. The Kier molecular flexibility index (Phi) is 5.12. The van der Waals surface area contributed by atoms with E-state index in [1.54, 1.807) is 6.07 Å². The maximum absolute atomic E-state index is 12.3. The largest absolute Gasteiger partial charge is 0.472 e. The predicted molar refractivity (Wildman–Crippen MR) is 103 cm³/mol. The van der Waals surface area contributed by atoms with Crippen LogP contribution in [-0.4, -0.2) is 29.9 Å². The first kappa shape index (κ1) is 17.6. The molecule has 1 aliphatic heterocycles. The van der Waals surface area contributed by atoms with E-state index in [1.807, 2.05) is 17.0 Å². The molecule has 2 aromatic heterocycles. The number of likely N-dealkylation sites (tertiary alicyclic amines) is 1. The van der Waals surface area contributed by atoms with E-state index in [-0.39, 0.29) is 5.91 Å². The Hall–Kier alpha value is -2.79. The van der Waals surface area contributed by atoms with Crippen LogP contribution in [0.5, 0.6) is 0 Å². The minimum absolute atomic E-state index is 0.0518. The minimum atomic E-state index is 0.0518. The SMILES string of the molecule is Cc1ccc(-c2ccc(CNC3CCN(C(=O)c4ccoc4)CC3)o2)cc1. The molecule has 1 saturated heterocycles. The smallest absolute Gasteiger partial charge is 0.257 e. The fraction of sp³-hybridized carbons (Fsp3) is 0.318. The van der Waals surface area contributed by atoms with Gasteiger partial charge in [0.25, 0.3) is 5.91 Å². The molecule has 0 aliphatic carbocycles. The molecule has 0 spiro atoms. The molecule has 1 N–H and O–H groups in total. The van der Waals surface area contributed by atoms with Gasteiger partial charge in [-0.2, -0.15) is 0 Å². The van der Waals surface area contributed by atoms with Crippen molar-refractivity contribution >= 4 is 5.91 Å². The lowest BCUT2D eigenvalue weighted by atomic mass is 10.0. The van der Waals surface area contributed by atoms with Gasteiger partial charge in [0, 0.05) is 24.7 Å². The lowest BCUT2D eigenvalue weighted by Gasteiger charge is -2.32. The molecular formula is C22H24N2O3. The normalized spacial score (nSPS) is 15.2. The summed E-state index contributed by atoms with van der Waals surface area (Å²) < 4.78 is 11.0. The summed E-state index contributed by atoms with van der Waals surface area (Å²) in [6.45, 7) is 4.30. The van der Waals surface area contributed by atoms with Crippen LogP contribution in [0.3, 0.4) is 0 Å². The van der Waals surface area contributed by atoms with Crippen LogP contribution in [0.15, 0.2) is 63.8 Å². The van der Waals surface area contributed by atoms with E-state index in [2.05, 4.69) is 36.5 Å². The van der Waals surface area contributed by atoms with Crippen LogP contribution in [0, 0.1) is 6.92 Å². The molecule has 0 radical (unpaired) electrons. The van der Waals surface area contributed by atoms with Crippen LogP contribution in [0.1, 0.15) is 34.5 Å². The maximum Gasteiger partial charge on any atom is 0.257 e. The Labute approximate surface area is 159 Å². The zero-order valence-corrected chi connectivity index (χ0v) is 15.5. The van der Waals surface area contributed by atoms with Crippen LogP contribution >= 0.6 is 0 Å². The first-order valence-corrected chi connectivity index (χ1v) is 9.39. The molecule has 1 aromatic carbocycles. The number of piperidine rings is 1. The molecule has 1 fully saturated rings. The van der Waals surface area contributed by atoms with Gasteiger partial charge in [-0.15, -0.1) is 0 Å². The molecule has 0 unspecified atom stereocenters. The van der Waals surface area contributed by atoms with Crippen LogP contribution in [-0.2, 0) is 6.54 Å². The highest BCUT2D eigenvalue weighted by atomic mass is 16.3. The number of nitrogens with zero attached hydrogens (tertiary/aromatic N) is 1. The van der Waals surface area contributed by atoms with Gasteiger partial charge in [-0.05, 0) is 38.0 Å². The van der Waals surface area contributed by atoms with Gasteiger partial charge >= 0.3 is 0 Å². The summed E-state index contributed by atoms with van der Waals surface area (Å²) in [5.74, 6) is 1.88. The maximum atomic E-state index is 12.3. The summed E-state index contributed by atoms with van der Waals surface area (Å²) in [6.07, 6.45) is 4.93. The number of hydrogen-bond donors (Lipinski definition) is 1. The molecule has 0 atom stereocenters. The highest BCUT2D eigenvalue weighted by Crippen LogP contribution is 2.23. The van der Waals surface area contributed by atoms with Crippen LogP contribution in [0.2, 0.25) is 0 Å². The van der Waals surface area contributed by atoms with E-state index in [4.69, 9.17) is 8.83 Å². The summed E-state index contributed by atoms with van der Waals surface area (Å²) in [5.41, 5.74) is 2.96. The number of nitrogens with one attached hydrogen (secondary N) is 1. The van der Waals surface area contributed by atoms with Gasteiger partial charge in [-0.1, -0.05) is 29.8 Å². The van der Waals surface area contributed by atoms with Gasteiger partial charge in [0.1, 0.15) is 17.8 Å². The number of furan rings is 2. The summed E-state index contributed by atoms with van der Waals surface area (Å²) in [7, 11) is 0. The average molecular weight is 364 g/mol. The zero-order chi connectivity index (χ0) is 18.6. The van der Waals surface area contributed by atoms with E-state index in [0.717, 1.165) is 43.0 Å². The molecule has 140 valence electrons. The lowest BCUT2D eigenvalue weighted by Crippen LogP contribution is -2.44. The molecule has 4 rings (SSSR count). The number of carbonyl (C=O) groups is 1. The number of carbonyl (C=O) groups excluding carboxylic acids is 1. The van der Waals surface area contributed by atoms with E-state index in [9.17, 15) is 4.79 Å². The topological polar surface area (TPSA) is 58.6 Å². The van der Waals surface area contributed by atoms with Crippen molar-refractivity contribution in [1.29, 1.82) is 0 Å². The van der Waals surface area contributed by atoms with Crippen molar-refractivity contribution in [2.24, 2.45) is 0 Å². The van der Waals surface area contributed by atoms with E-state index in [0.29, 0.717) is 18.2 Å². The summed E-state index contributed by atoms with van der Waals surface area (Å²) in [5, 5.41) is 3.56. The van der Waals surface area contributed by atoms with Crippen molar-refractivity contribution in [2.75, 3.05) is 13.1 Å². The van der Waals surface area contributed by atoms with Crippen molar-refractivity contribution in [3.8, 4) is 11.3 Å². The molecule has 0 bridgehead atoms. The fourth-order valence-electron chi connectivity index (χ4n) is 3.45. The Bertz CT molecular complexity index is 873. The van der Waals surface area contributed by atoms with Gasteiger partial charge < -0.3 is 19.1 Å². The number of amides is 1. The van der Waals surface area contributed by atoms with Crippen molar-refractivity contribution in [2.45, 2.75) is 32.4 Å². The Morgan fingerprint density at radius 2 is 1.89 bits per heavy atom. The highest BCUT2D eigenvalue weighted by molar-refractivity contribution is 5.93. The Balaban J connectivity index is 1.27. The second-order valence-corrected chi connectivity index (χ2v) is 7.09. The third-order valence-corrected chi connectivity index (χ3v) is 5.11. The first-order chi connectivity index (χ1) is 13.2. The van der Waals surface area contributed by atoms with Gasteiger partial charge in [0.05, 0.1) is 18.4 Å². The molecule has 3 aromatic rings. The van der Waals surface area contributed by atoms with Crippen molar-refractivity contribution < 1.29 is 13.6 Å². The van der Waals surface area contributed by atoms with Crippen molar-refractivity contribution in [1.82, 2.24) is 10.2 Å². The fourth-order valence-corrected chi connectivity index (χ4v) is 3.45. The average Bonchev–Trinajstić information content (AvgIpc) is 3.39. The predicted octanol–water partition coefficient (Wildman–Crippen LogP) is 4.24. The molecule has 1 amide bonds. The van der Waals surface area contributed by atoms with Crippen LogP contribution in [0.4, 0.5) is 0 Å². The molecule has 5 heteroatoms. The van der Waals surface area contributed by atoms with Crippen LogP contribution in [0.25, 0.3) is 11.3 Å². The van der Waals surface area contributed by atoms with Crippen molar-refractivity contribution in [3.63, 3.8) is 0 Å². The third-order valence-electron chi connectivity index (χ3n) is 5.11. The standard InChI is InChI=1S/C22H24N2O3/c1-16-2-4-17(5-3-16)21-7-6-20(27-21)14-23-19-8-11-24(12-9-19)22(25)18-10-13-26-15-18/h2-7,10,13,15,19,23H,8-9,11-12,14H2,1H3. The Morgan fingerprint density at radius 1 is 1.11 bits per heavy atom. The van der Waals surface area contributed by atoms with Gasteiger partial charge in [0.15, 0.2) is 0 Å². The zero-order valence-electron chi connectivity index (χ0n) is 15.5. The quantitative estimate of drug-likeness (QED) is 0.736. The summed E-state index contributed by atoms with van der Waals surface area (Å²) in [4.78, 5) is 14.2.